The highest BCUT2D eigenvalue weighted by Crippen LogP contribution is 2.17. The molecular weight excluding hydrogens is 242 g/mol. The maximum absolute atomic E-state index is 11.2. The SMILES string of the molecule is CC(=S)OC(C)(C)C(NOC(C)(C)C)C(=O)O. The second kappa shape index (κ2) is 5.75. The molecule has 0 saturated heterocycles. The van der Waals surface area contributed by atoms with Crippen molar-refractivity contribution in [1.29, 1.82) is 0 Å². The number of aliphatic carboxylic acids is 1. The normalized spacial score (nSPS) is 14.2. The van der Waals surface area contributed by atoms with Gasteiger partial charge in [-0.05, 0) is 46.8 Å². The highest BCUT2D eigenvalue weighted by Gasteiger charge is 2.38. The minimum Gasteiger partial charge on any atom is -0.480 e. The maximum Gasteiger partial charge on any atom is 0.327 e. The van der Waals surface area contributed by atoms with Gasteiger partial charge in [0, 0.05) is 6.92 Å². The Labute approximate surface area is 107 Å². The van der Waals surface area contributed by atoms with Crippen LogP contribution in [0.4, 0.5) is 0 Å². The Bertz CT molecular complexity index is 296. The van der Waals surface area contributed by atoms with Crippen molar-refractivity contribution >= 4 is 23.2 Å². The summed E-state index contributed by atoms with van der Waals surface area (Å²) in [7, 11) is 0. The molecule has 0 aromatic heterocycles. The van der Waals surface area contributed by atoms with Crippen LogP contribution in [0.3, 0.4) is 0 Å². The van der Waals surface area contributed by atoms with Gasteiger partial charge in [-0.3, -0.25) is 9.63 Å². The quantitative estimate of drug-likeness (QED) is 0.583. The van der Waals surface area contributed by atoms with Crippen molar-refractivity contribution in [1.82, 2.24) is 5.48 Å². The molecule has 0 aliphatic carbocycles. The van der Waals surface area contributed by atoms with Crippen molar-refractivity contribution in [3.8, 4) is 0 Å². The molecule has 17 heavy (non-hydrogen) atoms. The van der Waals surface area contributed by atoms with Crippen molar-refractivity contribution in [2.24, 2.45) is 0 Å². The lowest BCUT2D eigenvalue weighted by atomic mass is 9.99. The predicted octanol–water partition coefficient (Wildman–Crippen LogP) is 1.90. The summed E-state index contributed by atoms with van der Waals surface area (Å²) in [6.45, 7) is 10.3. The summed E-state index contributed by atoms with van der Waals surface area (Å²) in [5.41, 5.74) is 1.03. The minimum atomic E-state index is -1.06. The molecule has 0 heterocycles. The number of thiocarbonyl (C=S) groups is 1. The first-order valence-electron chi connectivity index (χ1n) is 5.31. The molecule has 1 atom stereocenters. The van der Waals surface area contributed by atoms with Crippen LogP contribution >= 0.6 is 12.2 Å². The topological polar surface area (TPSA) is 67.8 Å². The maximum atomic E-state index is 11.2. The van der Waals surface area contributed by atoms with Gasteiger partial charge in [-0.2, -0.15) is 5.48 Å². The predicted molar refractivity (Wildman–Crippen MR) is 68.8 cm³/mol. The van der Waals surface area contributed by atoms with E-state index in [-0.39, 0.29) is 0 Å². The van der Waals surface area contributed by atoms with Crippen LogP contribution in [0.25, 0.3) is 0 Å². The molecule has 0 saturated carbocycles. The van der Waals surface area contributed by atoms with Crippen LogP contribution in [0.15, 0.2) is 0 Å². The summed E-state index contributed by atoms with van der Waals surface area (Å²) >= 11 is 4.82. The molecule has 0 bridgehead atoms. The molecule has 0 aliphatic heterocycles. The summed E-state index contributed by atoms with van der Waals surface area (Å²) in [6, 6.07) is -1.01. The Hall–Kier alpha value is -0.720. The summed E-state index contributed by atoms with van der Waals surface area (Å²) in [5, 5.41) is 9.44. The monoisotopic (exact) mass is 263 g/mol. The van der Waals surface area contributed by atoms with E-state index in [0.29, 0.717) is 5.05 Å². The highest BCUT2D eigenvalue weighted by molar-refractivity contribution is 7.80. The number of hydrogen-bond acceptors (Lipinski definition) is 5. The highest BCUT2D eigenvalue weighted by atomic mass is 32.1. The van der Waals surface area contributed by atoms with E-state index in [9.17, 15) is 4.79 Å². The van der Waals surface area contributed by atoms with Crippen LogP contribution in [-0.2, 0) is 14.4 Å². The first kappa shape index (κ1) is 16.3. The summed E-state index contributed by atoms with van der Waals surface area (Å²) in [5.74, 6) is -1.06. The largest absolute Gasteiger partial charge is 0.480 e. The number of hydrogen-bond donors (Lipinski definition) is 2. The third-order valence-electron chi connectivity index (χ3n) is 1.83. The summed E-state index contributed by atoms with van der Waals surface area (Å²) < 4.78 is 5.33. The number of carboxylic acid groups (broad SMARTS) is 1. The van der Waals surface area contributed by atoms with Gasteiger partial charge < -0.3 is 9.84 Å². The van der Waals surface area contributed by atoms with E-state index < -0.39 is 23.2 Å². The van der Waals surface area contributed by atoms with E-state index in [0.717, 1.165) is 0 Å². The van der Waals surface area contributed by atoms with Crippen LogP contribution in [0.2, 0.25) is 0 Å². The molecule has 0 spiro atoms. The molecule has 0 aromatic carbocycles. The molecule has 0 aromatic rings. The lowest BCUT2D eigenvalue weighted by molar-refractivity contribution is -0.162. The Morgan fingerprint density at radius 3 is 2.06 bits per heavy atom. The fraction of sp³-hybridized carbons (Fsp3) is 0.818. The lowest BCUT2D eigenvalue weighted by Crippen LogP contribution is -2.55. The van der Waals surface area contributed by atoms with Gasteiger partial charge in [0.05, 0.1) is 5.60 Å². The third kappa shape index (κ3) is 6.55. The summed E-state index contributed by atoms with van der Waals surface area (Å²) in [4.78, 5) is 16.4. The molecule has 100 valence electrons. The number of hydroxylamine groups is 1. The zero-order valence-electron chi connectivity index (χ0n) is 11.2. The minimum absolute atomic E-state index is 0.291. The fourth-order valence-electron chi connectivity index (χ4n) is 1.15. The molecule has 0 aliphatic rings. The van der Waals surface area contributed by atoms with Gasteiger partial charge in [-0.25, -0.2) is 0 Å². The van der Waals surface area contributed by atoms with Gasteiger partial charge in [-0.1, -0.05) is 0 Å². The van der Waals surface area contributed by atoms with Crippen LogP contribution in [-0.4, -0.2) is 33.4 Å². The van der Waals surface area contributed by atoms with Gasteiger partial charge >= 0.3 is 5.97 Å². The molecule has 5 nitrogen and oxygen atoms in total. The number of ether oxygens (including phenoxy) is 1. The second-order valence-corrected chi connectivity index (χ2v) is 5.88. The van der Waals surface area contributed by atoms with E-state index >= 15 is 0 Å². The molecule has 6 heteroatoms. The van der Waals surface area contributed by atoms with Crippen molar-refractivity contribution in [2.75, 3.05) is 0 Å². The Morgan fingerprint density at radius 1 is 1.29 bits per heavy atom. The Morgan fingerprint density at radius 2 is 1.76 bits per heavy atom. The average molecular weight is 263 g/mol. The number of carboxylic acids is 1. The molecule has 0 amide bonds. The molecule has 2 N–H and O–H groups in total. The summed E-state index contributed by atoms with van der Waals surface area (Å²) in [6.07, 6.45) is 0. The van der Waals surface area contributed by atoms with Crippen LogP contribution in [0, 0.1) is 0 Å². The molecule has 1 unspecified atom stereocenters. The van der Waals surface area contributed by atoms with E-state index in [4.69, 9.17) is 26.9 Å². The zero-order valence-corrected chi connectivity index (χ0v) is 12.0. The van der Waals surface area contributed by atoms with Crippen molar-refractivity contribution in [3.63, 3.8) is 0 Å². The van der Waals surface area contributed by atoms with Crippen LogP contribution in [0.1, 0.15) is 41.5 Å². The number of nitrogens with one attached hydrogen (secondary N) is 1. The van der Waals surface area contributed by atoms with Gasteiger partial charge in [0.15, 0.2) is 11.1 Å². The Balaban J connectivity index is 4.73. The average Bonchev–Trinajstić information content (AvgIpc) is 1.96. The van der Waals surface area contributed by atoms with Crippen LogP contribution in [0.5, 0.6) is 0 Å². The molecule has 0 radical (unpaired) electrons. The van der Waals surface area contributed by atoms with E-state index in [1.54, 1.807) is 20.8 Å². The number of rotatable bonds is 5. The number of carbonyl (C=O) groups is 1. The van der Waals surface area contributed by atoms with Crippen molar-refractivity contribution in [3.05, 3.63) is 0 Å². The zero-order chi connectivity index (χ0) is 13.9. The first-order chi connectivity index (χ1) is 7.46. The molecular formula is C11H21NO4S. The fourth-order valence-corrected chi connectivity index (χ4v) is 1.37. The van der Waals surface area contributed by atoms with Gasteiger partial charge in [0.1, 0.15) is 5.60 Å². The molecule has 0 rings (SSSR count). The van der Waals surface area contributed by atoms with Crippen LogP contribution < -0.4 is 5.48 Å². The van der Waals surface area contributed by atoms with E-state index in [2.05, 4.69) is 5.48 Å². The second-order valence-electron chi connectivity index (χ2n) is 5.30. The standard InChI is InChI=1S/C11H21NO4S/c1-7(17)15-11(5,6)8(9(13)14)12-16-10(2,3)4/h8,12H,1-6H3,(H,13,14). The Kier molecular flexibility index (Phi) is 5.51. The lowest BCUT2D eigenvalue weighted by Gasteiger charge is -2.33. The van der Waals surface area contributed by atoms with Gasteiger partial charge in [0.2, 0.25) is 0 Å². The third-order valence-corrected chi connectivity index (χ3v) is 1.92. The smallest absolute Gasteiger partial charge is 0.327 e. The van der Waals surface area contributed by atoms with Gasteiger partial charge in [0.25, 0.3) is 0 Å². The first-order valence-corrected chi connectivity index (χ1v) is 5.72. The van der Waals surface area contributed by atoms with Crippen molar-refractivity contribution < 1.29 is 19.5 Å². The van der Waals surface area contributed by atoms with Gasteiger partial charge in [-0.15, -0.1) is 0 Å². The van der Waals surface area contributed by atoms with Crippen molar-refractivity contribution in [2.45, 2.75) is 58.8 Å². The van der Waals surface area contributed by atoms with E-state index in [1.807, 2.05) is 20.8 Å². The molecule has 0 fully saturated rings. The van der Waals surface area contributed by atoms with E-state index in [1.165, 1.54) is 0 Å².